The fraction of sp³-hybridized carbons (Fsp3) is 0.385. The van der Waals surface area contributed by atoms with Crippen molar-refractivity contribution in [3.63, 3.8) is 0 Å². The summed E-state index contributed by atoms with van der Waals surface area (Å²) in [5.74, 6) is -0.896. The number of benzene rings is 1. The minimum Gasteiger partial charge on any atom is -0.431 e. The number of hydrogen-bond acceptors (Lipinski definition) is 5. The average molecular weight is 282 g/mol. The van der Waals surface area contributed by atoms with E-state index in [1.807, 2.05) is 6.92 Å². The van der Waals surface area contributed by atoms with Gasteiger partial charge in [-0.2, -0.15) is 0 Å². The molecule has 0 bridgehead atoms. The molecule has 1 aromatic rings. The van der Waals surface area contributed by atoms with Crippen LogP contribution in [0, 0.1) is 5.92 Å². The number of oxime groups is 1. The van der Waals surface area contributed by atoms with Gasteiger partial charge >= 0.3 is 5.97 Å². The van der Waals surface area contributed by atoms with Gasteiger partial charge in [0.25, 0.3) is 0 Å². The van der Waals surface area contributed by atoms with Gasteiger partial charge in [0, 0.05) is 17.2 Å². The number of fused-ring (bicyclic) bond motifs is 1. The zero-order chi connectivity index (χ0) is 13.4. The number of halogens is 1. The molecule has 2 aliphatic heterocycles. The number of ether oxygens (including phenoxy) is 2. The molecule has 0 N–H and O–H groups in total. The van der Waals surface area contributed by atoms with Crippen LogP contribution >= 0.6 is 11.6 Å². The molecule has 0 aliphatic carbocycles. The number of esters is 1. The highest BCUT2D eigenvalue weighted by Gasteiger charge is 2.54. The zero-order valence-corrected chi connectivity index (χ0v) is 11.0. The molecule has 0 aromatic heterocycles. The number of carbonyl (C=O) groups is 1. The van der Waals surface area contributed by atoms with Crippen molar-refractivity contribution < 1.29 is 19.1 Å². The first kappa shape index (κ1) is 12.4. The maximum Gasteiger partial charge on any atom is 0.321 e. The van der Waals surface area contributed by atoms with Crippen LogP contribution in [0.3, 0.4) is 0 Å². The van der Waals surface area contributed by atoms with Crippen molar-refractivity contribution in [2.45, 2.75) is 19.3 Å². The van der Waals surface area contributed by atoms with E-state index in [1.54, 1.807) is 24.3 Å². The first-order valence-corrected chi connectivity index (χ1v) is 6.40. The molecule has 5 nitrogen and oxygen atoms in total. The van der Waals surface area contributed by atoms with E-state index < -0.39 is 18.3 Å². The molecule has 0 amide bonds. The van der Waals surface area contributed by atoms with Crippen LogP contribution in [0.15, 0.2) is 29.4 Å². The van der Waals surface area contributed by atoms with Crippen molar-refractivity contribution in [2.24, 2.45) is 11.1 Å². The standard InChI is InChI=1S/C13H12ClNO4/c1-2-17-13-11-9(12(16)18-13)10(15-19-11)7-3-5-8(14)6-4-7/h3-6,9,11,13H,2H2,1H3/t9-,11+,13-/m1/s1. The summed E-state index contributed by atoms with van der Waals surface area (Å²) in [5.41, 5.74) is 1.36. The maximum absolute atomic E-state index is 11.9. The molecule has 1 fully saturated rings. The van der Waals surface area contributed by atoms with Crippen LogP contribution < -0.4 is 0 Å². The molecule has 3 atom stereocenters. The van der Waals surface area contributed by atoms with E-state index in [-0.39, 0.29) is 5.97 Å². The number of carbonyl (C=O) groups excluding carboxylic acids is 1. The Labute approximate surface area is 115 Å². The lowest BCUT2D eigenvalue weighted by molar-refractivity contribution is -0.177. The molecular formula is C13H12ClNO4. The van der Waals surface area contributed by atoms with Gasteiger partial charge in [0.15, 0.2) is 0 Å². The van der Waals surface area contributed by atoms with Crippen molar-refractivity contribution in [1.82, 2.24) is 0 Å². The third-order valence-electron chi connectivity index (χ3n) is 3.12. The van der Waals surface area contributed by atoms with Crippen LogP contribution in [0.25, 0.3) is 0 Å². The van der Waals surface area contributed by atoms with Crippen LogP contribution in [-0.4, -0.2) is 30.7 Å². The van der Waals surface area contributed by atoms with Crippen LogP contribution in [-0.2, 0) is 19.1 Å². The quantitative estimate of drug-likeness (QED) is 0.795. The second-order valence-corrected chi connectivity index (χ2v) is 4.73. The minimum atomic E-state index is -0.684. The van der Waals surface area contributed by atoms with Gasteiger partial charge in [-0.3, -0.25) is 4.79 Å². The van der Waals surface area contributed by atoms with Gasteiger partial charge in [0.05, 0.1) is 0 Å². The molecule has 100 valence electrons. The van der Waals surface area contributed by atoms with E-state index in [0.29, 0.717) is 17.3 Å². The molecule has 0 spiro atoms. The molecule has 2 aliphatic rings. The zero-order valence-electron chi connectivity index (χ0n) is 10.2. The predicted octanol–water partition coefficient (Wildman–Crippen LogP) is 1.98. The Morgan fingerprint density at radius 2 is 2.11 bits per heavy atom. The van der Waals surface area contributed by atoms with E-state index in [0.717, 1.165) is 5.56 Å². The molecule has 0 radical (unpaired) electrons. The van der Waals surface area contributed by atoms with Crippen LogP contribution in [0.5, 0.6) is 0 Å². The average Bonchev–Trinajstić information content (AvgIpc) is 2.94. The Kier molecular flexibility index (Phi) is 3.16. The summed E-state index contributed by atoms with van der Waals surface area (Å²) < 4.78 is 10.5. The van der Waals surface area contributed by atoms with Crippen molar-refractivity contribution in [2.75, 3.05) is 6.61 Å². The number of nitrogens with zero attached hydrogens (tertiary/aromatic N) is 1. The normalized spacial score (nSPS) is 28.6. The molecule has 1 saturated heterocycles. The van der Waals surface area contributed by atoms with E-state index in [2.05, 4.69) is 5.16 Å². The smallest absolute Gasteiger partial charge is 0.321 e. The van der Waals surface area contributed by atoms with E-state index >= 15 is 0 Å². The van der Waals surface area contributed by atoms with Crippen LogP contribution in [0.2, 0.25) is 5.02 Å². The monoisotopic (exact) mass is 281 g/mol. The lowest BCUT2D eigenvalue weighted by Crippen LogP contribution is -2.30. The van der Waals surface area contributed by atoms with Crippen LogP contribution in [0.4, 0.5) is 0 Å². The molecular weight excluding hydrogens is 270 g/mol. The SMILES string of the molecule is CCO[C@@H]1OC(=O)[C@@H]2C(c3ccc(Cl)cc3)=NO[C@H]12. The summed E-state index contributed by atoms with van der Waals surface area (Å²) in [6, 6.07) is 7.09. The molecule has 0 unspecified atom stereocenters. The van der Waals surface area contributed by atoms with E-state index in [9.17, 15) is 4.79 Å². The Balaban J connectivity index is 1.86. The number of rotatable bonds is 3. The molecule has 2 heterocycles. The van der Waals surface area contributed by atoms with Gasteiger partial charge in [-0.15, -0.1) is 0 Å². The Hall–Kier alpha value is -1.59. The van der Waals surface area contributed by atoms with Gasteiger partial charge in [-0.25, -0.2) is 0 Å². The molecule has 3 rings (SSSR count). The van der Waals surface area contributed by atoms with Crippen molar-refractivity contribution in [3.8, 4) is 0 Å². The molecule has 19 heavy (non-hydrogen) atoms. The second kappa shape index (κ2) is 4.83. The Morgan fingerprint density at radius 1 is 1.37 bits per heavy atom. The highest BCUT2D eigenvalue weighted by molar-refractivity contribution is 6.30. The maximum atomic E-state index is 11.9. The Bertz CT molecular complexity index is 528. The third-order valence-corrected chi connectivity index (χ3v) is 3.37. The van der Waals surface area contributed by atoms with Crippen molar-refractivity contribution in [1.29, 1.82) is 0 Å². The number of cyclic esters (lactones) is 1. The highest BCUT2D eigenvalue weighted by atomic mass is 35.5. The second-order valence-electron chi connectivity index (χ2n) is 4.29. The molecule has 0 saturated carbocycles. The van der Waals surface area contributed by atoms with Crippen LogP contribution in [0.1, 0.15) is 12.5 Å². The summed E-state index contributed by atoms with van der Waals surface area (Å²) in [5, 5.41) is 4.62. The summed E-state index contributed by atoms with van der Waals surface area (Å²) in [6.45, 7) is 2.28. The lowest BCUT2D eigenvalue weighted by atomic mass is 9.94. The largest absolute Gasteiger partial charge is 0.431 e. The summed E-state index contributed by atoms with van der Waals surface area (Å²) >= 11 is 5.84. The van der Waals surface area contributed by atoms with Crippen molar-refractivity contribution >= 4 is 23.3 Å². The fourth-order valence-electron chi connectivity index (χ4n) is 2.24. The lowest BCUT2D eigenvalue weighted by Gasteiger charge is -2.13. The minimum absolute atomic E-state index is 0.366. The van der Waals surface area contributed by atoms with Gasteiger partial charge in [-0.05, 0) is 19.1 Å². The van der Waals surface area contributed by atoms with Crippen molar-refractivity contribution in [3.05, 3.63) is 34.9 Å². The van der Waals surface area contributed by atoms with Gasteiger partial charge in [0.1, 0.15) is 11.6 Å². The highest BCUT2D eigenvalue weighted by Crippen LogP contribution is 2.34. The predicted molar refractivity (Wildman–Crippen MR) is 67.9 cm³/mol. The third kappa shape index (κ3) is 2.09. The Morgan fingerprint density at radius 3 is 2.79 bits per heavy atom. The van der Waals surface area contributed by atoms with Gasteiger partial charge < -0.3 is 14.3 Å². The molecule has 1 aromatic carbocycles. The fourth-order valence-corrected chi connectivity index (χ4v) is 2.37. The summed E-state index contributed by atoms with van der Waals surface area (Å²) in [6.07, 6.45) is -1.19. The summed E-state index contributed by atoms with van der Waals surface area (Å²) in [7, 11) is 0. The number of hydrogen-bond donors (Lipinski definition) is 0. The van der Waals surface area contributed by atoms with Gasteiger partial charge in [-0.1, -0.05) is 28.9 Å². The van der Waals surface area contributed by atoms with Gasteiger partial charge in [0.2, 0.25) is 12.4 Å². The topological polar surface area (TPSA) is 57.1 Å². The van der Waals surface area contributed by atoms with E-state index in [4.69, 9.17) is 25.9 Å². The van der Waals surface area contributed by atoms with E-state index in [1.165, 1.54) is 0 Å². The molecule has 6 heteroatoms. The summed E-state index contributed by atoms with van der Waals surface area (Å²) in [4.78, 5) is 17.2. The first-order valence-electron chi connectivity index (χ1n) is 6.02. The first-order chi connectivity index (χ1) is 9.20.